The minimum Gasteiger partial charge on any atom is -0.484 e. The number of primary amides is 1. The Hall–Kier alpha value is -2.73. The molecule has 0 radical (unpaired) electrons. The van der Waals surface area contributed by atoms with Gasteiger partial charge in [-0.05, 0) is 48.5 Å². The van der Waals surface area contributed by atoms with Gasteiger partial charge in [0.2, 0.25) is 0 Å². The zero-order chi connectivity index (χ0) is 16.7. The Morgan fingerprint density at radius 2 is 1.43 bits per heavy atom. The molecule has 2 rings (SSSR count). The smallest absolute Gasteiger partial charge is 0.262 e. The van der Waals surface area contributed by atoms with Gasteiger partial charge in [-0.1, -0.05) is 11.6 Å². The van der Waals surface area contributed by atoms with Crippen LogP contribution < -0.4 is 20.5 Å². The molecule has 0 aliphatic carbocycles. The minimum atomic E-state index is -0.554. The van der Waals surface area contributed by atoms with Crippen molar-refractivity contribution in [1.82, 2.24) is 0 Å². The van der Waals surface area contributed by atoms with Crippen LogP contribution in [-0.4, -0.2) is 25.0 Å². The van der Waals surface area contributed by atoms with Crippen LogP contribution in [-0.2, 0) is 9.59 Å². The second kappa shape index (κ2) is 8.05. The van der Waals surface area contributed by atoms with E-state index in [9.17, 15) is 9.59 Å². The molecule has 2 aromatic carbocycles. The van der Waals surface area contributed by atoms with Gasteiger partial charge < -0.3 is 20.5 Å². The van der Waals surface area contributed by atoms with Gasteiger partial charge in [0, 0.05) is 10.7 Å². The van der Waals surface area contributed by atoms with Gasteiger partial charge >= 0.3 is 0 Å². The highest BCUT2D eigenvalue weighted by Crippen LogP contribution is 2.17. The third-order valence-corrected chi connectivity index (χ3v) is 2.95. The molecule has 6 nitrogen and oxygen atoms in total. The summed E-state index contributed by atoms with van der Waals surface area (Å²) in [5.41, 5.74) is 5.57. The first-order chi connectivity index (χ1) is 11.0. The second-order valence-corrected chi connectivity index (χ2v) is 5.01. The highest BCUT2D eigenvalue weighted by molar-refractivity contribution is 6.30. The van der Waals surface area contributed by atoms with E-state index in [1.165, 1.54) is 0 Å². The first kappa shape index (κ1) is 16.6. The number of rotatable bonds is 7. The van der Waals surface area contributed by atoms with Crippen LogP contribution in [0.1, 0.15) is 0 Å². The third kappa shape index (κ3) is 5.88. The lowest BCUT2D eigenvalue weighted by Gasteiger charge is -2.08. The zero-order valence-corrected chi connectivity index (χ0v) is 12.9. The van der Waals surface area contributed by atoms with E-state index in [-0.39, 0.29) is 19.1 Å². The number of nitrogens with one attached hydrogen (secondary N) is 1. The van der Waals surface area contributed by atoms with E-state index in [4.69, 9.17) is 26.8 Å². The summed E-state index contributed by atoms with van der Waals surface area (Å²) in [5, 5.41) is 3.28. The Morgan fingerprint density at radius 1 is 0.913 bits per heavy atom. The van der Waals surface area contributed by atoms with Crippen LogP contribution in [0, 0.1) is 0 Å². The van der Waals surface area contributed by atoms with Crippen molar-refractivity contribution in [2.75, 3.05) is 18.5 Å². The molecule has 120 valence electrons. The van der Waals surface area contributed by atoms with Crippen molar-refractivity contribution < 1.29 is 19.1 Å². The van der Waals surface area contributed by atoms with Gasteiger partial charge in [0.15, 0.2) is 13.2 Å². The van der Waals surface area contributed by atoms with Crippen molar-refractivity contribution in [3.05, 3.63) is 53.6 Å². The van der Waals surface area contributed by atoms with Crippen molar-refractivity contribution in [1.29, 1.82) is 0 Å². The molecule has 0 saturated heterocycles. The van der Waals surface area contributed by atoms with Gasteiger partial charge in [-0.15, -0.1) is 0 Å². The maximum atomic E-state index is 11.8. The minimum absolute atomic E-state index is 0.123. The molecule has 3 N–H and O–H groups in total. The van der Waals surface area contributed by atoms with E-state index in [1.807, 2.05) is 0 Å². The summed E-state index contributed by atoms with van der Waals surface area (Å²) in [6, 6.07) is 13.3. The monoisotopic (exact) mass is 334 g/mol. The van der Waals surface area contributed by atoms with Crippen molar-refractivity contribution >= 4 is 29.1 Å². The van der Waals surface area contributed by atoms with E-state index in [1.54, 1.807) is 48.5 Å². The Morgan fingerprint density at radius 3 is 2.00 bits per heavy atom. The van der Waals surface area contributed by atoms with E-state index >= 15 is 0 Å². The molecule has 0 aliphatic heterocycles. The summed E-state index contributed by atoms with van der Waals surface area (Å²) in [6.07, 6.45) is 0. The molecule has 23 heavy (non-hydrogen) atoms. The lowest BCUT2D eigenvalue weighted by Crippen LogP contribution is -2.20. The van der Waals surface area contributed by atoms with Crippen molar-refractivity contribution in [2.45, 2.75) is 0 Å². The predicted molar refractivity (Wildman–Crippen MR) is 86.7 cm³/mol. The molecular weight excluding hydrogens is 320 g/mol. The molecule has 0 heterocycles. The number of ether oxygens (including phenoxy) is 2. The quantitative estimate of drug-likeness (QED) is 0.812. The maximum Gasteiger partial charge on any atom is 0.262 e. The van der Waals surface area contributed by atoms with Crippen LogP contribution in [0.15, 0.2) is 48.5 Å². The predicted octanol–water partition coefficient (Wildman–Crippen LogP) is 2.22. The average Bonchev–Trinajstić information content (AvgIpc) is 2.53. The molecule has 0 saturated carbocycles. The van der Waals surface area contributed by atoms with E-state index in [2.05, 4.69) is 5.32 Å². The van der Waals surface area contributed by atoms with Gasteiger partial charge in [0.1, 0.15) is 11.5 Å². The summed E-state index contributed by atoms with van der Waals surface area (Å²) in [7, 11) is 0. The Bertz CT molecular complexity index is 671. The van der Waals surface area contributed by atoms with Crippen molar-refractivity contribution in [3.8, 4) is 11.5 Å². The van der Waals surface area contributed by atoms with Crippen LogP contribution in [0.5, 0.6) is 11.5 Å². The number of anilines is 1. The number of nitrogens with two attached hydrogens (primary N) is 1. The van der Waals surface area contributed by atoms with Crippen LogP contribution in [0.4, 0.5) is 5.69 Å². The molecule has 0 atom stereocenters. The number of amides is 2. The molecular formula is C16H15ClN2O4. The molecule has 0 bridgehead atoms. The molecule has 0 spiro atoms. The first-order valence-corrected chi connectivity index (χ1v) is 7.10. The molecule has 7 heteroatoms. The van der Waals surface area contributed by atoms with Gasteiger partial charge in [-0.2, -0.15) is 0 Å². The van der Waals surface area contributed by atoms with Crippen molar-refractivity contribution in [2.24, 2.45) is 5.73 Å². The number of halogens is 1. The summed E-state index contributed by atoms with van der Waals surface area (Å²) < 4.78 is 10.5. The fourth-order valence-corrected chi connectivity index (χ4v) is 1.79. The number of carbonyl (C=O) groups is 2. The van der Waals surface area contributed by atoms with E-state index in [0.29, 0.717) is 22.2 Å². The van der Waals surface area contributed by atoms with Crippen LogP contribution in [0.3, 0.4) is 0 Å². The third-order valence-electron chi connectivity index (χ3n) is 2.70. The summed E-state index contributed by atoms with van der Waals surface area (Å²) in [6.45, 7) is -0.317. The van der Waals surface area contributed by atoms with Crippen LogP contribution in [0.2, 0.25) is 5.02 Å². The summed E-state index contributed by atoms with van der Waals surface area (Å²) in [5.74, 6) is 0.187. The van der Waals surface area contributed by atoms with E-state index < -0.39 is 5.91 Å². The molecule has 0 unspecified atom stereocenters. The average molecular weight is 335 g/mol. The number of carbonyl (C=O) groups excluding carboxylic acids is 2. The largest absolute Gasteiger partial charge is 0.484 e. The number of benzene rings is 2. The topological polar surface area (TPSA) is 90.7 Å². The SMILES string of the molecule is NC(=O)COc1ccc(NC(=O)COc2ccc(Cl)cc2)cc1. The molecule has 0 aromatic heterocycles. The Kier molecular flexibility index (Phi) is 5.82. The highest BCUT2D eigenvalue weighted by Gasteiger charge is 2.04. The Balaban J connectivity index is 1.80. The van der Waals surface area contributed by atoms with Gasteiger partial charge in [0.25, 0.3) is 11.8 Å². The maximum absolute atomic E-state index is 11.8. The molecule has 2 aromatic rings. The number of hydrogen-bond acceptors (Lipinski definition) is 4. The molecule has 0 fully saturated rings. The molecule has 0 aliphatic rings. The lowest BCUT2D eigenvalue weighted by atomic mass is 10.3. The van der Waals surface area contributed by atoms with Gasteiger partial charge in [-0.3, -0.25) is 9.59 Å². The first-order valence-electron chi connectivity index (χ1n) is 6.72. The van der Waals surface area contributed by atoms with Gasteiger partial charge in [-0.25, -0.2) is 0 Å². The lowest BCUT2D eigenvalue weighted by molar-refractivity contribution is -0.120. The Labute approximate surface area is 138 Å². The zero-order valence-electron chi connectivity index (χ0n) is 12.1. The van der Waals surface area contributed by atoms with Crippen LogP contribution in [0.25, 0.3) is 0 Å². The second-order valence-electron chi connectivity index (χ2n) is 4.57. The van der Waals surface area contributed by atoms with Gasteiger partial charge in [0.05, 0.1) is 0 Å². The fraction of sp³-hybridized carbons (Fsp3) is 0.125. The number of hydrogen-bond donors (Lipinski definition) is 2. The summed E-state index contributed by atoms with van der Waals surface area (Å²) in [4.78, 5) is 22.4. The summed E-state index contributed by atoms with van der Waals surface area (Å²) >= 11 is 5.76. The normalized spacial score (nSPS) is 9.96. The molecule has 2 amide bonds. The van der Waals surface area contributed by atoms with Crippen LogP contribution >= 0.6 is 11.6 Å². The van der Waals surface area contributed by atoms with Crippen molar-refractivity contribution in [3.63, 3.8) is 0 Å². The highest BCUT2D eigenvalue weighted by atomic mass is 35.5. The fourth-order valence-electron chi connectivity index (χ4n) is 1.67. The van der Waals surface area contributed by atoms with E-state index in [0.717, 1.165) is 0 Å². The standard InChI is InChI=1S/C16H15ClN2O4/c17-11-1-5-13(6-2-11)23-10-16(21)19-12-3-7-14(8-4-12)22-9-15(18)20/h1-8H,9-10H2,(H2,18,20)(H,19,21).